The first-order valence-electron chi connectivity index (χ1n) is 7.30. The highest BCUT2D eigenvalue weighted by molar-refractivity contribution is 5.46. The zero-order chi connectivity index (χ0) is 14.2. The summed E-state index contributed by atoms with van der Waals surface area (Å²) >= 11 is 0. The van der Waals surface area contributed by atoms with Gasteiger partial charge >= 0.3 is 0 Å². The van der Waals surface area contributed by atoms with Crippen molar-refractivity contribution in [1.29, 1.82) is 0 Å². The molecule has 1 aromatic heterocycles. The zero-order valence-electron chi connectivity index (χ0n) is 12.6. The molecule has 3 heteroatoms. The monoisotopic (exact) mass is 261 g/mol. The standard InChI is InChI=1S/C16H27N3/c1-10-5-6-12(14(17)8-10)16(3,4)13-7-11(2)9-19-15(13)18/h7,9-10,12,14H,5-6,8,17H2,1-4H3,(H2,18,19). The summed E-state index contributed by atoms with van der Waals surface area (Å²) in [5.41, 5.74) is 14.8. The number of hydrogen-bond donors (Lipinski definition) is 2. The van der Waals surface area contributed by atoms with Crippen molar-refractivity contribution in [3.63, 3.8) is 0 Å². The Hall–Kier alpha value is -1.09. The third kappa shape index (κ3) is 2.76. The Labute approximate surface area is 116 Å². The number of anilines is 1. The van der Waals surface area contributed by atoms with Gasteiger partial charge in [-0.25, -0.2) is 4.98 Å². The Bertz CT molecular complexity index is 453. The van der Waals surface area contributed by atoms with Crippen LogP contribution in [0, 0.1) is 18.8 Å². The molecule has 0 saturated heterocycles. The summed E-state index contributed by atoms with van der Waals surface area (Å²) in [6.45, 7) is 8.89. The molecule has 106 valence electrons. The molecular weight excluding hydrogens is 234 g/mol. The van der Waals surface area contributed by atoms with Crippen LogP contribution in [0.5, 0.6) is 0 Å². The second-order valence-corrected chi connectivity index (χ2v) is 6.86. The maximum Gasteiger partial charge on any atom is 0.127 e. The first-order valence-corrected chi connectivity index (χ1v) is 7.30. The number of rotatable bonds is 2. The average molecular weight is 261 g/mol. The maximum atomic E-state index is 6.42. The predicted molar refractivity (Wildman–Crippen MR) is 80.9 cm³/mol. The Morgan fingerprint density at radius 1 is 1.32 bits per heavy atom. The fraction of sp³-hybridized carbons (Fsp3) is 0.688. The smallest absolute Gasteiger partial charge is 0.127 e. The first-order chi connectivity index (χ1) is 8.82. The summed E-state index contributed by atoms with van der Waals surface area (Å²) < 4.78 is 0. The fourth-order valence-electron chi connectivity index (χ4n) is 3.62. The van der Waals surface area contributed by atoms with E-state index in [4.69, 9.17) is 11.5 Å². The Kier molecular flexibility index (Phi) is 3.86. The van der Waals surface area contributed by atoms with E-state index in [-0.39, 0.29) is 11.5 Å². The molecule has 0 aromatic carbocycles. The van der Waals surface area contributed by atoms with Crippen LogP contribution in [-0.4, -0.2) is 11.0 Å². The number of aromatic nitrogens is 1. The summed E-state index contributed by atoms with van der Waals surface area (Å²) in [6.07, 6.45) is 5.40. The largest absolute Gasteiger partial charge is 0.383 e. The molecule has 0 bridgehead atoms. The molecule has 0 radical (unpaired) electrons. The van der Waals surface area contributed by atoms with Gasteiger partial charge in [0.05, 0.1) is 0 Å². The minimum Gasteiger partial charge on any atom is -0.383 e. The van der Waals surface area contributed by atoms with Gasteiger partial charge in [0.2, 0.25) is 0 Å². The van der Waals surface area contributed by atoms with E-state index in [1.165, 1.54) is 12.8 Å². The van der Waals surface area contributed by atoms with Crippen molar-refractivity contribution in [1.82, 2.24) is 4.98 Å². The number of nitrogen functional groups attached to an aromatic ring is 1. The van der Waals surface area contributed by atoms with E-state index in [9.17, 15) is 0 Å². The van der Waals surface area contributed by atoms with Crippen molar-refractivity contribution >= 4 is 5.82 Å². The minimum atomic E-state index is -0.0112. The summed E-state index contributed by atoms with van der Waals surface area (Å²) in [5, 5.41) is 0. The Balaban J connectivity index is 2.33. The van der Waals surface area contributed by atoms with Crippen molar-refractivity contribution in [2.75, 3.05) is 5.73 Å². The Morgan fingerprint density at radius 2 is 2.00 bits per heavy atom. The maximum absolute atomic E-state index is 6.42. The highest BCUT2D eigenvalue weighted by atomic mass is 14.8. The van der Waals surface area contributed by atoms with E-state index in [2.05, 4.69) is 38.7 Å². The van der Waals surface area contributed by atoms with Gasteiger partial charge in [-0.05, 0) is 42.6 Å². The normalized spacial score (nSPS) is 28.4. The van der Waals surface area contributed by atoms with Gasteiger partial charge in [0, 0.05) is 17.8 Å². The SMILES string of the molecule is Cc1cnc(N)c(C(C)(C)C2CCC(C)CC2N)c1. The molecular formula is C16H27N3. The zero-order valence-corrected chi connectivity index (χ0v) is 12.6. The first kappa shape index (κ1) is 14.3. The van der Waals surface area contributed by atoms with Gasteiger partial charge in [-0.3, -0.25) is 0 Å². The third-order valence-electron chi connectivity index (χ3n) is 4.84. The van der Waals surface area contributed by atoms with Crippen LogP contribution in [0.3, 0.4) is 0 Å². The van der Waals surface area contributed by atoms with Gasteiger partial charge < -0.3 is 11.5 Å². The van der Waals surface area contributed by atoms with E-state index in [0.717, 1.165) is 23.5 Å². The highest BCUT2D eigenvalue weighted by Gasteiger charge is 2.39. The molecule has 3 unspecified atom stereocenters. The van der Waals surface area contributed by atoms with Crippen molar-refractivity contribution < 1.29 is 0 Å². The van der Waals surface area contributed by atoms with Gasteiger partial charge in [-0.1, -0.05) is 33.3 Å². The van der Waals surface area contributed by atoms with Crippen molar-refractivity contribution in [2.24, 2.45) is 17.6 Å². The molecule has 1 aliphatic rings. The highest BCUT2D eigenvalue weighted by Crippen LogP contribution is 2.43. The van der Waals surface area contributed by atoms with E-state index < -0.39 is 0 Å². The lowest BCUT2D eigenvalue weighted by Crippen LogP contribution is -2.46. The van der Waals surface area contributed by atoms with Crippen LogP contribution < -0.4 is 11.5 Å². The van der Waals surface area contributed by atoms with Gasteiger partial charge in [-0.2, -0.15) is 0 Å². The van der Waals surface area contributed by atoms with Gasteiger partial charge in [0.1, 0.15) is 5.82 Å². The van der Waals surface area contributed by atoms with Crippen molar-refractivity contribution in [3.05, 3.63) is 23.4 Å². The lowest BCUT2D eigenvalue weighted by Gasteiger charge is -2.43. The molecule has 0 amide bonds. The van der Waals surface area contributed by atoms with E-state index >= 15 is 0 Å². The number of pyridine rings is 1. The second-order valence-electron chi connectivity index (χ2n) is 6.86. The molecule has 1 heterocycles. The molecule has 1 aliphatic carbocycles. The average Bonchev–Trinajstić information content (AvgIpc) is 2.31. The molecule has 1 saturated carbocycles. The van der Waals surface area contributed by atoms with Gasteiger partial charge in [0.25, 0.3) is 0 Å². The van der Waals surface area contributed by atoms with Crippen LogP contribution >= 0.6 is 0 Å². The molecule has 2 rings (SSSR count). The summed E-state index contributed by atoms with van der Waals surface area (Å²) in [5.74, 6) is 1.88. The number of hydrogen-bond acceptors (Lipinski definition) is 3. The van der Waals surface area contributed by atoms with Crippen LogP contribution in [0.1, 0.15) is 51.2 Å². The lowest BCUT2D eigenvalue weighted by molar-refractivity contribution is 0.171. The topological polar surface area (TPSA) is 64.9 Å². The second kappa shape index (κ2) is 5.12. The summed E-state index contributed by atoms with van der Waals surface area (Å²) in [6, 6.07) is 2.44. The lowest BCUT2D eigenvalue weighted by atomic mass is 9.64. The number of nitrogens with zero attached hydrogens (tertiary/aromatic N) is 1. The number of nitrogens with two attached hydrogens (primary N) is 2. The van der Waals surface area contributed by atoms with E-state index in [0.29, 0.717) is 11.7 Å². The van der Waals surface area contributed by atoms with E-state index in [1.807, 2.05) is 6.20 Å². The van der Waals surface area contributed by atoms with E-state index in [1.54, 1.807) is 0 Å². The molecule has 1 fully saturated rings. The fourth-order valence-corrected chi connectivity index (χ4v) is 3.62. The van der Waals surface area contributed by atoms with Crippen LogP contribution in [0.2, 0.25) is 0 Å². The molecule has 1 aromatic rings. The quantitative estimate of drug-likeness (QED) is 0.860. The number of aryl methyl sites for hydroxylation is 1. The molecule has 0 aliphatic heterocycles. The van der Waals surface area contributed by atoms with Crippen LogP contribution in [-0.2, 0) is 5.41 Å². The van der Waals surface area contributed by atoms with Crippen LogP contribution in [0.4, 0.5) is 5.82 Å². The third-order valence-corrected chi connectivity index (χ3v) is 4.84. The van der Waals surface area contributed by atoms with Crippen molar-refractivity contribution in [2.45, 2.75) is 58.4 Å². The predicted octanol–water partition coefficient (Wildman–Crippen LogP) is 3.01. The molecule has 0 spiro atoms. The van der Waals surface area contributed by atoms with Gasteiger partial charge in [-0.15, -0.1) is 0 Å². The van der Waals surface area contributed by atoms with Crippen molar-refractivity contribution in [3.8, 4) is 0 Å². The van der Waals surface area contributed by atoms with Crippen LogP contribution in [0.25, 0.3) is 0 Å². The molecule has 3 atom stereocenters. The Morgan fingerprint density at radius 3 is 2.63 bits per heavy atom. The minimum absolute atomic E-state index is 0.0112. The van der Waals surface area contributed by atoms with Gasteiger partial charge in [0.15, 0.2) is 0 Å². The summed E-state index contributed by atoms with van der Waals surface area (Å²) in [4.78, 5) is 4.32. The summed E-state index contributed by atoms with van der Waals surface area (Å²) in [7, 11) is 0. The molecule has 4 N–H and O–H groups in total. The van der Waals surface area contributed by atoms with Crippen LogP contribution in [0.15, 0.2) is 12.3 Å². The molecule has 19 heavy (non-hydrogen) atoms. The molecule has 3 nitrogen and oxygen atoms in total.